The number of benzene rings is 1. The third-order valence-electron chi connectivity index (χ3n) is 4.26. The fourth-order valence-electron chi connectivity index (χ4n) is 2.88. The molecule has 3 heteroatoms. The summed E-state index contributed by atoms with van der Waals surface area (Å²) in [6.45, 7) is 11.0. The van der Waals surface area contributed by atoms with Crippen LogP contribution in [-0.2, 0) is 6.42 Å². The minimum Gasteiger partial charge on any atom is -0.392 e. The molecule has 1 N–H and O–H groups in total. The summed E-state index contributed by atoms with van der Waals surface area (Å²) in [5, 5.41) is 12.3. The average Bonchev–Trinajstić information content (AvgIpc) is 2.36. The van der Waals surface area contributed by atoms with Gasteiger partial charge in [-0.15, -0.1) is 0 Å². The molecular formula is C17H26OS2. The summed E-state index contributed by atoms with van der Waals surface area (Å²) in [5.74, 6) is 1.07. The Kier molecular flexibility index (Phi) is 5.49. The molecule has 0 aliphatic carbocycles. The first kappa shape index (κ1) is 16.3. The summed E-state index contributed by atoms with van der Waals surface area (Å²) in [5.41, 5.74) is 5.27. The molecule has 0 amide bonds. The minimum absolute atomic E-state index is 0.234. The number of aryl methyl sites for hydroxylation is 3. The molecule has 1 aromatic rings. The second kappa shape index (κ2) is 6.76. The van der Waals surface area contributed by atoms with Crippen LogP contribution in [0.5, 0.6) is 0 Å². The molecular weight excluding hydrogens is 284 g/mol. The second-order valence-electron chi connectivity index (χ2n) is 6.07. The van der Waals surface area contributed by atoms with Crippen LogP contribution in [0.4, 0.5) is 0 Å². The number of hydrogen-bond acceptors (Lipinski definition) is 3. The molecule has 0 radical (unpaired) electrons. The second-order valence-corrected chi connectivity index (χ2v) is 9.10. The quantitative estimate of drug-likeness (QED) is 0.906. The third kappa shape index (κ3) is 3.75. The fraction of sp³-hybridized carbons (Fsp3) is 0.647. The predicted molar refractivity (Wildman–Crippen MR) is 93.1 cm³/mol. The van der Waals surface area contributed by atoms with E-state index in [1.807, 2.05) is 23.5 Å². The summed E-state index contributed by atoms with van der Waals surface area (Å²) in [4.78, 5) is 0. The molecule has 1 aliphatic heterocycles. The van der Waals surface area contributed by atoms with E-state index < -0.39 is 0 Å². The molecule has 1 aliphatic rings. The Morgan fingerprint density at radius 1 is 1.15 bits per heavy atom. The molecule has 0 spiro atoms. The lowest BCUT2D eigenvalue weighted by Gasteiger charge is -2.34. The first-order chi connectivity index (χ1) is 9.38. The SMILES string of the molecule is Cc1cc(C)c(CC(O)C2CSC(C)C(C)S2)c(C)c1. The Balaban J connectivity index is 2.07. The van der Waals surface area contributed by atoms with Gasteiger partial charge in [-0.2, -0.15) is 23.5 Å². The molecule has 0 aromatic heterocycles. The van der Waals surface area contributed by atoms with E-state index in [0.717, 1.165) is 12.2 Å². The monoisotopic (exact) mass is 310 g/mol. The van der Waals surface area contributed by atoms with Crippen molar-refractivity contribution < 1.29 is 5.11 Å². The van der Waals surface area contributed by atoms with Crippen molar-refractivity contribution in [1.82, 2.24) is 0 Å². The molecule has 0 bridgehead atoms. The zero-order chi connectivity index (χ0) is 14.9. The maximum Gasteiger partial charge on any atom is 0.0707 e. The Hall–Kier alpha value is -0.120. The van der Waals surface area contributed by atoms with E-state index >= 15 is 0 Å². The lowest BCUT2D eigenvalue weighted by molar-refractivity contribution is 0.176. The molecule has 1 aromatic carbocycles. The van der Waals surface area contributed by atoms with Crippen molar-refractivity contribution in [3.8, 4) is 0 Å². The van der Waals surface area contributed by atoms with Crippen LogP contribution in [0, 0.1) is 20.8 Å². The number of aliphatic hydroxyl groups is 1. The summed E-state index contributed by atoms with van der Waals surface area (Å²) in [6, 6.07) is 4.45. The summed E-state index contributed by atoms with van der Waals surface area (Å²) in [6.07, 6.45) is 0.555. The van der Waals surface area contributed by atoms with E-state index in [0.29, 0.717) is 15.7 Å². The summed E-state index contributed by atoms with van der Waals surface area (Å²) < 4.78 is 0. The van der Waals surface area contributed by atoms with Crippen molar-refractivity contribution >= 4 is 23.5 Å². The van der Waals surface area contributed by atoms with Crippen LogP contribution in [-0.4, -0.2) is 32.7 Å². The number of hydrogen-bond donors (Lipinski definition) is 1. The van der Waals surface area contributed by atoms with Gasteiger partial charge in [-0.25, -0.2) is 0 Å². The van der Waals surface area contributed by atoms with E-state index in [1.54, 1.807) is 0 Å². The Labute approximate surface area is 131 Å². The van der Waals surface area contributed by atoms with Gasteiger partial charge in [0.15, 0.2) is 0 Å². The van der Waals surface area contributed by atoms with Crippen molar-refractivity contribution in [2.45, 2.75) is 62.9 Å². The zero-order valence-corrected chi connectivity index (χ0v) is 14.8. The van der Waals surface area contributed by atoms with Gasteiger partial charge in [-0.1, -0.05) is 31.5 Å². The van der Waals surface area contributed by atoms with Crippen LogP contribution in [0.2, 0.25) is 0 Å². The standard InChI is InChI=1S/C17H26OS2/c1-10-6-11(2)15(12(3)7-10)8-16(18)17-9-19-13(4)14(5)20-17/h6-7,13-14,16-18H,8-9H2,1-5H3. The van der Waals surface area contributed by atoms with Crippen molar-refractivity contribution in [1.29, 1.82) is 0 Å². The van der Waals surface area contributed by atoms with Gasteiger partial charge in [-0.3, -0.25) is 0 Å². The van der Waals surface area contributed by atoms with Crippen molar-refractivity contribution in [3.05, 3.63) is 34.4 Å². The maximum atomic E-state index is 10.6. The molecule has 4 unspecified atom stereocenters. The predicted octanol–water partition coefficient (Wildman–Crippen LogP) is 4.14. The average molecular weight is 311 g/mol. The van der Waals surface area contributed by atoms with Gasteiger partial charge in [0.2, 0.25) is 0 Å². The van der Waals surface area contributed by atoms with Gasteiger partial charge in [-0.05, 0) is 43.9 Å². The highest BCUT2D eigenvalue weighted by molar-refractivity contribution is 8.07. The highest BCUT2D eigenvalue weighted by Gasteiger charge is 2.30. The van der Waals surface area contributed by atoms with E-state index in [1.165, 1.54) is 22.3 Å². The van der Waals surface area contributed by atoms with Gasteiger partial charge >= 0.3 is 0 Å². The Bertz CT molecular complexity index is 449. The molecule has 112 valence electrons. The Morgan fingerprint density at radius 3 is 2.30 bits per heavy atom. The molecule has 0 saturated carbocycles. The highest BCUT2D eigenvalue weighted by atomic mass is 32.2. The lowest BCUT2D eigenvalue weighted by Crippen LogP contribution is -2.35. The van der Waals surface area contributed by atoms with Gasteiger partial charge < -0.3 is 5.11 Å². The Morgan fingerprint density at radius 2 is 1.75 bits per heavy atom. The van der Waals surface area contributed by atoms with Gasteiger partial charge in [0.1, 0.15) is 0 Å². The third-order valence-corrected chi connectivity index (χ3v) is 7.79. The first-order valence-electron chi connectivity index (χ1n) is 7.40. The van der Waals surface area contributed by atoms with E-state index in [-0.39, 0.29) is 6.10 Å². The van der Waals surface area contributed by atoms with E-state index in [2.05, 4.69) is 46.8 Å². The number of aliphatic hydroxyl groups excluding tert-OH is 1. The number of thioether (sulfide) groups is 2. The van der Waals surface area contributed by atoms with Crippen LogP contribution in [0.3, 0.4) is 0 Å². The van der Waals surface area contributed by atoms with Crippen LogP contribution in [0.15, 0.2) is 12.1 Å². The molecule has 1 saturated heterocycles. The normalized spacial score (nSPS) is 28.4. The zero-order valence-electron chi connectivity index (χ0n) is 13.1. The van der Waals surface area contributed by atoms with Gasteiger partial charge in [0, 0.05) is 21.5 Å². The summed E-state index contributed by atoms with van der Waals surface area (Å²) in [7, 11) is 0. The lowest BCUT2D eigenvalue weighted by atomic mass is 9.94. The largest absolute Gasteiger partial charge is 0.392 e. The topological polar surface area (TPSA) is 20.2 Å². The van der Waals surface area contributed by atoms with Crippen molar-refractivity contribution in [2.75, 3.05) is 5.75 Å². The highest BCUT2D eigenvalue weighted by Crippen LogP contribution is 2.37. The molecule has 1 nitrogen and oxygen atoms in total. The maximum absolute atomic E-state index is 10.6. The number of rotatable bonds is 3. The molecule has 20 heavy (non-hydrogen) atoms. The summed E-state index contributed by atoms with van der Waals surface area (Å²) >= 11 is 3.97. The van der Waals surface area contributed by atoms with Gasteiger partial charge in [0.05, 0.1) is 6.10 Å². The van der Waals surface area contributed by atoms with Crippen molar-refractivity contribution in [2.24, 2.45) is 0 Å². The molecule has 2 rings (SSSR count). The van der Waals surface area contributed by atoms with Crippen molar-refractivity contribution in [3.63, 3.8) is 0 Å². The van der Waals surface area contributed by atoms with E-state index in [4.69, 9.17) is 0 Å². The van der Waals surface area contributed by atoms with Crippen LogP contribution in [0.25, 0.3) is 0 Å². The van der Waals surface area contributed by atoms with E-state index in [9.17, 15) is 5.11 Å². The molecule has 1 fully saturated rings. The molecule has 4 atom stereocenters. The fourth-order valence-corrected chi connectivity index (χ4v) is 5.90. The van der Waals surface area contributed by atoms with Crippen LogP contribution >= 0.6 is 23.5 Å². The first-order valence-corrected chi connectivity index (χ1v) is 9.39. The molecule has 1 heterocycles. The van der Waals surface area contributed by atoms with Crippen LogP contribution < -0.4 is 0 Å². The van der Waals surface area contributed by atoms with Gasteiger partial charge in [0.25, 0.3) is 0 Å². The smallest absolute Gasteiger partial charge is 0.0707 e. The van der Waals surface area contributed by atoms with Crippen LogP contribution in [0.1, 0.15) is 36.1 Å². The minimum atomic E-state index is -0.234.